The van der Waals surface area contributed by atoms with Gasteiger partial charge in [-0.1, -0.05) is 77.6 Å². The van der Waals surface area contributed by atoms with Gasteiger partial charge in [-0.25, -0.2) is 9.97 Å². The Bertz CT molecular complexity index is 1300. The van der Waals surface area contributed by atoms with Gasteiger partial charge in [0.1, 0.15) is 23.5 Å². The number of hydrogen-bond donors (Lipinski definition) is 0. The molecule has 0 aliphatic carbocycles. The van der Waals surface area contributed by atoms with Crippen molar-refractivity contribution >= 4 is 0 Å². The Kier molecular flexibility index (Phi) is 6.87. The van der Waals surface area contributed by atoms with E-state index >= 15 is 0 Å². The van der Waals surface area contributed by atoms with Gasteiger partial charge < -0.3 is 0 Å². The zero-order valence-electron chi connectivity index (χ0n) is 20.4. The topological polar surface area (TPSA) is 73.4 Å². The summed E-state index contributed by atoms with van der Waals surface area (Å²) in [6.45, 7) is 12.9. The van der Waals surface area contributed by atoms with E-state index in [1.54, 1.807) is 0 Å². The maximum absolute atomic E-state index is 9.37. The molecule has 34 heavy (non-hydrogen) atoms. The van der Waals surface area contributed by atoms with Crippen molar-refractivity contribution in [1.82, 2.24) is 9.97 Å². The Morgan fingerprint density at radius 1 is 0.500 bits per heavy atom. The van der Waals surface area contributed by atoms with Crippen LogP contribution in [-0.2, 0) is 10.8 Å². The van der Waals surface area contributed by atoms with E-state index in [-0.39, 0.29) is 33.6 Å². The van der Waals surface area contributed by atoms with Crippen LogP contribution in [0.25, 0.3) is 0 Å². The fourth-order valence-electron chi connectivity index (χ4n) is 3.14. The predicted octanol–water partition coefficient (Wildman–Crippen LogP) is 5.61. The predicted molar refractivity (Wildman–Crippen MR) is 134 cm³/mol. The van der Waals surface area contributed by atoms with Crippen molar-refractivity contribution in [2.45, 2.75) is 52.4 Å². The molecule has 3 aromatic rings. The minimum absolute atomic E-state index is 0.0557. The van der Waals surface area contributed by atoms with E-state index in [2.05, 4.69) is 99.5 Å². The highest BCUT2D eigenvalue weighted by molar-refractivity contribution is 5.52. The maximum Gasteiger partial charge on any atom is 0.178 e. The molecule has 0 saturated carbocycles. The van der Waals surface area contributed by atoms with E-state index in [4.69, 9.17) is 0 Å². The van der Waals surface area contributed by atoms with E-state index < -0.39 is 0 Å². The summed E-state index contributed by atoms with van der Waals surface area (Å²) in [5.74, 6) is 12.1. The zero-order chi connectivity index (χ0) is 24.9. The van der Waals surface area contributed by atoms with Crippen LogP contribution in [0, 0.1) is 46.3 Å². The van der Waals surface area contributed by atoms with Crippen molar-refractivity contribution in [3.05, 3.63) is 93.6 Å². The van der Waals surface area contributed by atoms with E-state index in [1.807, 2.05) is 36.4 Å². The van der Waals surface area contributed by atoms with Crippen LogP contribution in [0.3, 0.4) is 0 Å². The maximum atomic E-state index is 9.37. The van der Waals surface area contributed by atoms with Crippen LogP contribution in [0.5, 0.6) is 0 Å². The van der Waals surface area contributed by atoms with Gasteiger partial charge in [0.15, 0.2) is 11.4 Å². The van der Waals surface area contributed by atoms with Gasteiger partial charge in [0.05, 0.1) is 0 Å². The molecule has 0 radical (unpaired) electrons. The fraction of sp³-hybridized carbons (Fsp3) is 0.267. The summed E-state index contributed by atoms with van der Waals surface area (Å²) >= 11 is 0. The number of nitriles is 2. The average Bonchev–Trinajstić information content (AvgIpc) is 2.80. The molecule has 0 saturated heterocycles. The van der Waals surface area contributed by atoms with E-state index in [0.717, 1.165) is 11.1 Å². The molecular weight excluding hydrogens is 416 g/mol. The second kappa shape index (κ2) is 9.63. The number of aromatic nitrogens is 2. The summed E-state index contributed by atoms with van der Waals surface area (Å²) in [5.41, 5.74) is 4.59. The third-order valence-corrected chi connectivity index (χ3v) is 5.26. The Morgan fingerprint density at radius 2 is 0.824 bits per heavy atom. The van der Waals surface area contributed by atoms with Crippen molar-refractivity contribution in [2.75, 3.05) is 0 Å². The molecule has 1 heterocycles. The molecule has 0 bridgehead atoms. The lowest BCUT2D eigenvalue weighted by Crippen LogP contribution is -2.10. The Hall–Kier alpha value is -4.38. The third-order valence-electron chi connectivity index (χ3n) is 5.26. The summed E-state index contributed by atoms with van der Waals surface area (Å²) in [6, 6.07) is 19.9. The second-order valence-corrected chi connectivity index (χ2v) is 10.00. The minimum atomic E-state index is -0.0602. The van der Waals surface area contributed by atoms with Crippen molar-refractivity contribution < 1.29 is 0 Å². The Balaban J connectivity index is 2.01. The number of hydrogen-bond acceptors (Lipinski definition) is 4. The summed E-state index contributed by atoms with van der Waals surface area (Å²) in [4.78, 5) is 8.54. The van der Waals surface area contributed by atoms with Gasteiger partial charge in [0.25, 0.3) is 0 Å². The highest BCUT2D eigenvalue weighted by atomic mass is 14.8. The molecule has 1 aromatic heterocycles. The molecular formula is C30H26N4. The van der Waals surface area contributed by atoms with Crippen LogP contribution in [0.1, 0.15) is 86.6 Å². The zero-order valence-corrected chi connectivity index (χ0v) is 20.4. The van der Waals surface area contributed by atoms with Gasteiger partial charge in [-0.3, -0.25) is 0 Å². The third kappa shape index (κ3) is 5.90. The van der Waals surface area contributed by atoms with Crippen LogP contribution in [0.15, 0.2) is 48.5 Å². The normalized spacial score (nSPS) is 10.7. The first-order valence-electron chi connectivity index (χ1n) is 11.0. The van der Waals surface area contributed by atoms with Crippen LogP contribution in [0.4, 0.5) is 0 Å². The minimum Gasteiger partial charge on any atom is -0.222 e. The highest BCUT2D eigenvalue weighted by Crippen LogP contribution is 2.23. The first-order valence-corrected chi connectivity index (χ1v) is 11.0. The Morgan fingerprint density at radius 3 is 1.09 bits per heavy atom. The summed E-state index contributed by atoms with van der Waals surface area (Å²) in [5, 5.41) is 18.7. The van der Waals surface area contributed by atoms with Gasteiger partial charge in [-0.15, -0.1) is 0 Å². The first-order chi connectivity index (χ1) is 16.0. The molecule has 0 spiro atoms. The van der Waals surface area contributed by atoms with Gasteiger partial charge in [0, 0.05) is 11.1 Å². The van der Waals surface area contributed by atoms with Crippen molar-refractivity contribution in [2.24, 2.45) is 0 Å². The molecule has 4 heteroatoms. The van der Waals surface area contributed by atoms with Crippen LogP contribution >= 0.6 is 0 Å². The SMILES string of the molecule is CC(C)(C)c1ccc(C#Cc2nc(C#N)c(C#N)nc2C#Cc2ccc(C(C)(C)C)cc2)cc1. The van der Waals surface area contributed by atoms with Crippen LogP contribution in [-0.4, -0.2) is 9.97 Å². The molecule has 4 nitrogen and oxygen atoms in total. The molecule has 2 aromatic carbocycles. The van der Waals surface area contributed by atoms with Crippen LogP contribution < -0.4 is 0 Å². The molecule has 166 valence electrons. The standard InChI is InChI=1S/C30H26N4/c1-29(2,3)23-13-7-21(8-14-23)11-17-25-26(34-28(20-32)27(19-31)33-25)18-12-22-9-15-24(16-10-22)30(4,5)6/h7-10,13-16H,1-6H3. The van der Waals surface area contributed by atoms with Gasteiger partial charge >= 0.3 is 0 Å². The number of benzene rings is 2. The quantitative estimate of drug-likeness (QED) is 0.424. The molecule has 0 aliphatic heterocycles. The fourth-order valence-corrected chi connectivity index (χ4v) is 3.14. The lowest BCUT2D eigenvalue weighted by molar-refractivity contribution is 0.590. The molecule has 0 N–H and O–H groups in total. The average molecular weight is 443 g/mol. The monoisotopic (exact) mass is 442 g/mol. The van der Waals surface area contributed by atoms with Crippen LogP contribution in [0.2, 0.25) is 0 Å². The van der Waals surface area contributed by atoms with Crippen molar-refractivity contribution in [3.8, 4) is 35.8 Å². The Labute approximate surface area is 202 Å². The highest BCUT2D eigenvalue weighted by Gasteiger charge is 2.14. The molecule has 0 amide bonds. The largest absolute Gasteiger partial charge is 0.222 e. The van der Waals surface area contributed by atoms with Gasteiger partial charge in [0.2, 0.25) is 0 Å². The lowest BCUT2D eigenvalue weighted by Gasteiger charge is -2.18. The molecule has 0 atom stereocenters. The lowest BCUT2D eigenvalue weighted by atomic mass is 9.87. The summed E-state index contributed by atoms with van der Waals surface area (Å²) in [7, 11) is 0. The first kappa shape index (κ1) is 24.3. The molecule has 0 fully saturated rings. The van der Waals surface area contributed by atoms with E-state index in [0.29, 0.717) is 0 Å². The van der Waals surface area contributed by atoms with E-state index in [9.17, 15) is 10.5 Å². The smallest absolute Gasteiger partial charge is 0.178 e. The molecule has 0 unspecified atom stereocenters. The second-order valence-electron chi connectivity index (χ2n) is 10.00. The van der Waals surface area contributed by atoms with Gasteiger partial charge in [-0.05, 0) is 58.1 Å². The van der Waals surface area contributed by atoms with Crippen molar-refractivity contribution in [3.63, 3.8) is 0 Å². The summed E-state index contributed by atoms with van der Waals surface area (Å²) in [6.07, 6.45) is 0. The van der Waals surface area contributed by atoms with Crippen molar-refractivity contribution in [1.29, 1.82) is 10.5 Å². The summed E-state index contributed by atoms with van der Waals surface area (Å²) < 4.78 is 0. The number of nitrogens with zero attached hydrogens (tertiary/aromatic N) is 4. The number of rotatable bonds is 0. The van der Waals surface area contributed by atoms with Gasteiger partial charge in [-0.2, -0.15) is 10.5 Å². The molecule has 3 rings (SSSR count). The van der Waals surface area contributed by atoms with E-state index in [1.165, 1.54) is 11.1 Å². The molecule has 0 aliphatic rings.